The van der Waals surface area contributed by atoms with E-state index in [0.29, 0.717) is 11.3 Å². The molecule has 0 aliphatic rings. The van der Waals surface area contributed by atoms with Gasteiger partial charge in [-0.1, -0.05) is 32.9 Å². The highest BCUT2D eigenvalue weighted by atomic mass is 16.5. The number of carbonyl (C=O) groups is 2. The summed E-state index contributed by atoms with van der Waals surface area (Å²) in [6.07, 6.45) is 5.74. The van der Waals surface area contributed by atoms with Crippen molar-refractivity contribution in [1.29, 1.82) is 0 Å². The fraction of sp³-hybridized carbons (Fsp3) is 0.174. The lowest BCUT2D eigenvalue weighted by molar-refractivity contribution is 0.0734. The van der Waals surface area contributed by atoms with Crippen molar-refractivity contribution < 1.29 is 14.3 Å². The number of ether oxygens (including phenoxy) is 1. The fourth-order valence-corrected chi connectivity index (χ4v) is 2.53. The van der Waals surface area contributed by atoms with E-state index >= 15 is 0 Å². The molecule has 0 bridgehead atoms. The van der Waals surface area contributed by atoms with Crippen LogP contribution in [-0.4, -0.2) is 28.1 Å². The molecule has 0 unspecified atom stereocenters. The van der Waals surface area contributed by atoms with Gasteiger partial charge in [0.1, 0.15) is 11.4 Å². The second kappa shape index (κ2) is 9.09. The van der Waals surface area contributed by atoms with Crippen molar-refractivity contribution in [3.8, 4) is 5.75 Å². The molecule has 0 saturated heterocycles. The van der Waals surface area contributed by atoms with E-state index in [4.69, 9.17) is 4.74 Å². The van der Waals surface area contributed by atoms with E-state index in [9.17, 15) is 9.59 Å². The summed E-state index contributed by atoms with van der Waals surface area (Å²) < 4.78 is 5.41. The predicted octanol–water partition coefficient (Wildman–Crippen LogP) is 3.76. The van der Waals surface area contributed by atoms with E-state index in [2.05, 4.69) is 41.3 Å². The van der Waals surface area contributed by atoms with Crippen LogP contribution in [-0.2, 0) is 5.41 Å². The van der Waals surface area contributed by atoms with Crippen LogP contribution in [0.1, 0.15) is 52.7 Å². The largest absolute Gasteiger partial charge is 0.423 e. The first-order valence-electron chi connectivity index (χ1n) is 9.35. The van der Waals surface area contributed by atoms with E-state index in [1.165, 1.54) is 24.8 Å². The Hall–Kier alpha value is -3.87. The van der Waals surface area contributed by atoms with E-state index < -0.39 is 11.9 Å². The van der Waals surface area contributed by atoms with Gasteiger partial charge in [0.25, 0.3) is 5.91 Å². The summed E-state index contributed by atoms with van der Waals surface area (Å²) in [5.41, 5.74) is 4.93. The van der Waals surface area contributed by atoms with Crippen LogP contribution in [0, 0.1) is 0 Å². The smallest absolute Gasteiger partial charge is 0.343 e. The van der Waals surface area contributed by atoms with Gasteiger partial charge < -0.3 is 4.74 Å². The maximum atomic E-state index is 12.3. The highest BCUT2D eigenvalue weighted by Gasteiger charge is 2.15. The number of esters is 1. The number of hydrogen-bond donors (Lipinski definition) is 1. The lowest BCUT2D eigenvalue weighted by atomic mass is 9.87. The van der Waals surface area contributed by atoms with Gasteiger partial charge in [-0.15, -0.1) is 0 Å². The Kier molecular flexibility index (Phi) is 6.32. The number of amides is 1. The van der Waals surface area contributed by atoms with Crippen molar-refractivity contribution in [2.24, 2.45) is 5.10 Å². The molecule has 152 valence electrons. The van der Waals surface area contributed by atoms with Crippen LogP contribution in [0.15, 0.2) is 72.2 Å². The zero-order valence-corrected chi connectivity index (χ0v) is 17.0. The number of hydrogen-bond acceptors (Lipinski definition) is 6. The number of rotatable bonds is 5. The summed E-state index contributed by atoms with van der Waals surface area (Å²) in [6.45, 7) is 6.35. The third-order valence-corrected chi connectivity index (χ3v) is 4.25. The fourth-order valence-electron chi connectivity index (χ4n) is 2.53. The van der Waals surface area contributed by atoms with Crippen LogP contribution in [0.3, 0.4) is 0 Å². The van der Waals surface area contributed by atoms with Gasteiger partial charge in [0.2, 0.25) is 0 Å². The summed E-state index contributed by atoms with van der Waals surface area (Å²) in [6, 6.07) is 14.2. The van der Waals surface area contributed by atoms with E-state index in [0.717, 1.165) is 11.1 Å². The molecule has 0 fully saturated rings. The highest BCUT2D eigenvalue weighted by molar-refractivity contribution is 5.93. The summed E-state index contributed by atoms with van der Waals surface area (Å²) in [7, 11) is 0. The normalized spacial score (nSPS) is 11.3. The summed E-state index contributed by atoms with van der Waals surface area (Å²) >= 11 is 0. The minimum Gasteiger partial charge on any atom is -0.423 e. The van der Waals surface area contributed by atoms with Gasteiger partial charge in [-0.25, -0.2) is 15.2 Å². The first kappa shape index (κ1) is 20.9. The Morgan fingerprint density at radius 3 is 2.30 bits per heavy atom. The molecule has 0 aliphatic heterocycles. The molecule has 3 rings (SSSR count). The molecule has 2 aromatic carbocycles. The molecule has 1 aromatic heterocycles. The van der Waals surface area contributed by atoms with Crippen molar-refractivity contribution in [1.82, 2.24) is 15.4 Å². The van der Waals surface area contributed by atoms with Crippen LogP contribution < -0.4 is 10.2 Å². The minimum atomic E-state index is -0.456. The van der Waals surface area contributed by atoms with Crippen molar-refractivity contribution >= 4 is 18.1 Å². The quantitative estimate of drug-likeness (QED) is 0.304. The molecule has 3 aromatic rings. The summed E-state index contributed by atoms with van der Waals surface area (Å²) in [5.74, 6) is -0.462. The van der Waals surface area contributed by atoms with Gasteiger partial charge in [0.15, 0.2) is 0 Å². The molecule has 0 atom stereocenters. The van der Waals surface area contributed by atoms with Crippen molar-refractivity contribution in [2.45, 2.75) is 26.2 Å². The number of benzene rings is 2. The second-order valence-corrected chi connectivity index (χ2v) is 7.58. The molecule has 30 heavy (non-hydrogen) atoms. The predicted molar refractivity (Wildman–Crippen MR) is 114 cm³/mol. The maximum absolute atomic E-state index is 12.3. The molecule has 1 amide bonds. The van der Waals surface area contributed by atoms with Crippen LogP contribution in [0.4, 0.5) is 0 Å². The lowest BCUT2D eigenvalue weighted by Gasteiger charge is -2.18. The second-order valence-electron chi connectivity index (χ2n) is 7.58. The highest BCUT2D eigenvalue weighted by Crippen LogP contribution is 2.22. The molecule has 0 saturated carbocycles. The third-order valence-electron chi connectivity index (χ3n) is 4.25. The summed E-state index contributed by atoms with van der Waals surface area (Å²) in [5, 5.41) is 3.88. The summed E-state index contributed by atoms with van der Waals surface area (Å²) in [4.78, 5) is 31.9. The number of hydrazone groups is 1. The van der Waals surface area contributed by atoms with Gasteiger partial charge >= 0.3 is 5.97 Å². The standard InChI is InChI=1S/C23H22N4O3/c1-23(2,3)18-8-6-17(7-9-18)22(29)30-19-10-4-16(5-11-19)14-26-27-21(28)20-15-24-12-13-25-20/h4-15H,1-3H3,(H,27,28). The zero-order valence-electron chi connectivity index (χ0n) is 17.0. The molecule has 1 N–H and O–H groups in total. The molecule has 7 nitrogen and oxygen atoms in total. The number of carbonyl (C=O) groups excluding carboxylic acids is 2. The SMILES string of the molecule is CC(C)(C)c1ccc(C(=O)Oc2ccc(C=NNC(=O)c3cnccn3)cc2)cc1. The van der Waals surface area contributed by atoms with Crippen molar-refractivity contribution in [3.05, 3.63) is 89.5 Å². The van der Waals surface area contributed by atoms with Crippen molar-refractivity contribution in [2.75, 3.05) is 0 Å². The molecule has 7 heteroatoms. The van der Waals surface area contributed by atoms with Crippen LogP contribution in [0.5, 0.6) is 5.75 Å². The molecule has 0 spiro atoms. The molecular weight excluding hydrogens is 380 g/mol. The molecular formula is C23H22N4O3. The molecule has 1 heterocycles. The average Bonchev–Trinajstić information content (AvgIpc) is 2.75. The monoisotopic (exact) mass is 402 g/mol. The molecule has 0 radical (unpaired) electrons. The van der Waals surface area contributed by atoms with Crippen LogP contribution in [0.25, 0.3) is 0 Å². The topological polar surface area (TPSA) is 93.5 Å². The molecule has 0 aliphatic carbocycles. The van der Waals surface area contributed by atoms with Crippen LogP contribution in [0.2, 0.25) is 0 Å². The number of nitrogens with one attached hydrogen (secondary N) is 1. The van der Waals surface area contributed by atoms with Gasteiger partial charge in [-0.2, -0.15) is 5.10 Å². The van der Waals surface area contributed by atoms with E-state index in [-0.39, 0.29) is 11.1 Å². The van der Waals surface area contributed by atoms with Gasteiger partial charge in [-0.3, -0.25) is 9.78 Å². The minimum absolute atomic E-state index is 0.0216. The first-order chi connectivity index (χ1) is 14.3. The maximum Gasteiger partial charge on any atom is 0.343 e. The first-order valence-corrected chi connectivity index (χ1v) is 9.35. The van der Waals surface area contributed by atoms with Crippen LogP contribution >= 0.6 is 0 Å². The van der Waals surface area contributed by atoms with E-state index in [1.807, 2.05) is 12.1 Å². The third kappa shape index (κ3) is 5.57. The zero-order chi connectivity index (χ0) is 21.6. The Morgan fingerprint density at radius 2 is 1.70 bits per heavy atom. The van der Waals surface area contributed by atoms with Gasteiger partial charge in [-0.05, 0) is 52.9 Å². The van der Waals surface area contributed by atoms with Gasteiger partial charge in [0, 0.05) is 12.4 Å². The number of aromatic nitrogens is 2. The Morgan fingerprint density at radius 1 is 1.00 bits per heavy atom. The Labute approximate surface area is 174 Å². The Balaban J connectivity index is 1.56. The number of nitrogens with zero attached hydrogens (tertiary/aromatic N) is 3. The Bertz CT molecular complexity index is 1040. The van der Waals surface area contributed by atoms with E-state index in [1.54, 1.807) is 36.4 Å². The van der Waals surface area contributed by atoms with Gasteiger partial charge in [0.05, 0.1) is 18.0 Å². The van der Waals surface area contributed by atoms with Crippen molar-refractivity contribution in [3.63, 3.8) is 0 Å². The average molecular weight is 402 g/mol. The lowest BCUT2D eigenvalue weighted by Crippen LogP contribution is -2.19.